The highest BCUT2D eigenvalue weighted by molar-refractivity contribution is 6.33. The van der Waals surface area contributed by atoms with Gasteiger partial charge in [0, 0.05) is 0 Å². The lowest BCUT2D eigenvalue weighted by Gasteiger charge is -2.26. The number of hydrogen-bond acceptors (Lipinski definition) is 0. The largest absolute Gasteiger partial charge is 0.0616 e. The molecule has 8 aromatic carbocycles. The Morgan fingerprint density at radius 3 is 0.600 bits per heavy atom. The van der Waals surface area contributed by atoms with Crippen LogP contribution in [0.5, 0.6) is 0 Å². The van der Waals surface area contributed by atoms with Crippen LogP contribution in [0.4, 0.5) is 0 Å². The molecule has 0 saturated carbocycles. The Labute approximate surface area is 297 Å². The van der Waals surface area contributed by atoms with Crippen LogP contribution in [0.1, 0.15) is 44.5 Å². The molecule has 0 nitrogen and oxygen atoms in total. The van der Waals surface area contributed by atoms with Gasteiger partial charge in [0.05, 0.1) is 0 Å². The van der Waals surface area contributed by atoms with Crippen molar-refractivity contribution in [3.8, 4) is 44.5 Å². The number of rotatable bonds is 4. The molecule has 0 bridgehead atoms. The molecule has 0 N–H and O–H groups in total. The molecule has 0 saturated heterocycles. The molecule has 0 aliphatic carbocycles. The van der Waals surface area contributed by atoms with E-state index < -0.39 is 0 Å². The zero-order chi connectivity index (χ0) is 34.8. The summed E-state index contributed by atoms with van der Waals surface area (Å²) in [5, 5.41) is 7.78. The Morgan fingerprint density at radius 1 is 0.240 bits per heavy atom. The average Bonchev–Trinajstić information content (AvgIpc) is 3.04. The normalized spacial score (nSPS) is 11.6. The molecule has 0 fully saturated rings. The van der Waals surface area contributed by atoms with E-state index in [1.165, 1.54) is 121 Å². The minimum absolute atomic E-state index is 1.27. The standard InChI is InChI=1S/C50H44/c1-29-17-30(2)22-37(21-29)45-41-13-9-10-14-42(41)47(39-25-33(5)19-34(6)26-39)50-48(40-27-35(7)20-36(8)28-40)44-16-12-11-15-43(44)46(49(45)50)38-23-31(3)18-32(4)24-38/h9-28H,1-8H3. The molecule has 50 heavy (non-hydrogen) atoms. The van der Waals surface area contributed by atoms with Crippen molar-refractivity contribution < 1.29 is 0 Å². The van der Waals surface area contributed by atoms with Crippen molar-refractivity contribution in [2.75, 3.05) is 0 Å². The van der Waals surface area contributed by atoms with Gasteiger partial charge in [-0.15, -0.1) is 0 Å². The Morgan fingerprint density at radius 2 is 0.420 bits per heavy atom. The second-order valence-electron chi connectivity index (χ2n) is 14.8. The van der Waals surface area contributed by atoms with E-state index in [4.69, 9.17) is 0 Å². The minimum Gasteiger partial charge on any atom is -0.0616 e. The van der Waals surface area contributed by atoms with E-state index >= 15 is 0 Å². The molecule has 0 atom stereocenters. The Bertz CT molecular complexity index is 2220. The molecule has 0 aliphatic heterocycles. The molecule has 8 aromatic rings. The summed E-state index contributed by atoms with van der Waals surface area (Å²) < 4.78 is 0. The predicted octanol–water partition coefficient (Wildman–Crippen LogP) is 14.3. The van der Waals surface area contributed by atoms with Crippen LogP contribution in [0.15, 0.2) is 121 Å². The van der Waals surface area contributed by atoms with Crippen molar-refractivity contribution in [3.05, 3.63) is 166 Å². The first kappa shape index (κ1) is 31.8. The van der Waals surface area contributed by atoms with Crippen molar-refractivity contribution in [3.63, 3.8) is 0 Å². The quantitative estimate of drug-likeness (QED) is 0.167. The minimum atomic E-state index is 1.27. The number of fused-ring (bicyclic) bond motifs is 3. The summed E-state index contributed by atoms with van der Waals surface area (Å²) in [7, 11) is 0. The van der Waals surface area contributed by atoms with E-state index in [1.54, 1.807) is 0 Å². The van der Waals surface area contributed by atoms with Gasteiger partial charge in [0.1, 0.15) is 0 Å². The summed E-state index contributed by atoms with van der Waals surface area (Å²) in [5.74, 6) is 0. The number of aryl methyl sites for hydroxylation is 8. The zero-order valence-electron chi connectivity index (χ0n) is 30.5. The van der Waals surface area contributed by atoms with Crippen LogP contribution in [0, 0.1) is 55.4 Å². The second kappa shape index (κ2) is 12.1. The van der Waals surface area contributed by atoms with Gasteiger partial charge in [-0.05, 0) is 132 Å². The molecule has 0 amide bonds. The summed E-state index contributed by atoms with van der Waals surface area (Å²) in [4.78, 5) is 0. The van der Waals surface area contributed by atoms with Gasteiger partial charge >= 0.3 is 0 Å². The van der Waals surface area contributed by atoms with Crippen LogP contribution in [-0.4, -0.2) is 0 Å². The molecule has 0 radical (unpaired) electrons. The van der Waals surface area contributed by atoms with E-state index in [1.807, 2.05) is 0 Å². The van der Waals surface area contributed by atoms with Gasteiger partial charge < -0.3 is 0 Å². The summed E-state index contributed by atoms with van der Waals surface area (Å²) in [5.41, 5.74) is 20.5. The molecular formula is C50H44. The highest BCUT2D eigenvalue weighted by atomic mass is 14.3. The zero-order valence-corrected chi connectivity index (χ0v) is 30.5. The van der Waals surface area contributed by atoms with Gasteiger partial charge in [0.2, 0.25) is 0 Å². The fourth-order valence-corrected chi connectivity index (χ4v) is 8.80. The van der Waals surface area contributed by atoms with Crippen LogP contribution in [0.3, 0.4) is 0 Å². The van der Waals surface area contributed by atoms with E-state index in [0.717, 1.165) is 0 Å². The fraction of sp³-hybridized carbons (Fsp3) is 0.160. The van der Waals surface area contributed by atoms with Crippen molar-refractivity contribution in [2.24, 2.45) is 0 Å². The third-order valence-electron chi connectivity index (χ3n) is 10.2. The van der Waals surface area contributed by atoms with E-state index in [9.17, 15) is 0 Å². The number of hydrogen-bond donors (Lipinski definition) is 0. The fourth-order valence-electron chi connectivity index (χ4n) is 8.80. The van der Waals surface area contributed by atoms with Gasteiger partial charge in [0.25, 0.3) is 0 Å². The molecule has 0 aromatic heterocycles. The molecule has 0 heteroatoms. The Balaban J connectivity index is 1.79. The van der Waals surface area contributed by atoms with Crippen LogP contribution >= 0.6 is 0 Å². The average molecular weight is 645 g/mol. The molecule has 244 valence electrons. The summed E-state index contributed by atoms with van der Waals surface area (Å²) in [6.45, 7) is 17.8. The molecule has 0 aliphatic rings. The van der Waals surface area contributed by atoms with E-state index in [-0.39, 0.29) is 0 Å². The third kappa shape index (κ3) is 5.40. The molecule has 0 unspecified atom stereocenters. The summed E-state index contributed by atoms with van der Waals surface area (Å²) >= 11 is 0. The maximum atomic E-state index is 2.39. The first-order chi connectivity index (χ1) is 24.0. The topological polar surface area (TPSA) is 0 Å². The lowest BCUT2D eigenvalue weighted by atomic mass is 9.77. The third-order valence-corrected chi connectivity index (χ3v) is 10.2. The van der Waals surface area contributed by atoms with Crippen LogP contribution in [-0.2, 0) is 0 Å². The van der Waals surface area contributed by atoms with Crippen LogP contribution < -0.4 is 0 Å². The first-order valence-corrected chi connectivity index (χ1v) is 17.8. The SMILES string of the molecule is Cc1cc(C)cc(-c2c3ccccc3c(-c3cc(C)cc(C)c3)c3c(-c4cc(C)cc(C)c4)c4ccccc4c(-c4cc(C)cc(C)c4)c23)c1. The second-order valence-corrected chi connectivity index (χ2v) is 14.8. The molecule has 0 spiro atoms. The lowest BCUT2D eigenvalue weighted by Crippen LogP contribution is -1.99. The lowest BCUT2D eigenvalue weighted by molar-refractivity contribution is 1.38. The molecular weight excluding hydrogens is 601 g/mol. The van der Waals surface area contributed by atoms with Crippen molar-refractivity contribution in [1.29, 1.82) is 0 Å². The van der Waals surface area contributed by atoms with Gasteiger partial charge in [-0.3, -0.25) is 0 Å². The summed E-state index contributed by atoms with van der Waals surface area (Å²) in [6, 6.07) is 46.6. The van der Waals surface area contributed by atoms with E-state index in [0.29, 0.717) is 0 Å². The predicted molar refractivity (Wildman–Crippen MR) is 219 cm³/mol. The van der Waals surface area contributed by atoms with Crippen LogP contribution in [0.2, 0.25) is 0 Å². The highest BCUT2D eigenvalue weighted by Gasteiger charge is 2.26. The number of benzene rings is 8. The van der Waals surface area contributed by atoms with Gasteiger partial charge in [-0.25, -0.2) is 0 Å². The maximum Gasteiger partial charge on any atom is -0.000138 e. The van der Waals surface area contributed by atoms with Crippen LogP contribution in [0.25, 0.3) is 76.8 Å². The van der Waals surface area contributed by atoms with Crippen molar-refractivity contribution in [1.82, 2.24) is 0 Å². The monoisotopic (exact) mass is 644 g/mol. The van der Waals surface area contributed by atoms with Crippen molar-refractivity contribution in [2.45, 2.75) is 55.4 Å². The van der Waals surface area contributed by atoms with Gasteiger partial charge in [-0.2, -0.15) is 0 Å². The molecule has 0 heterocycles. The first-order valence-electron chi connectivity index (χ1n) is 17.8. The van der Waals surface area contributed by atoms with Gasteiger partial charge in [0.15, 0.2) is 0 Å². The van der Waals surface area contributed by atoms with Crippen molar-refractivity contribution >= 4 is 32.3 Å². The Kier molecular flexibility index (Phi) is 7.72. The summed E-state index contributed by atoms with van der Waals surface area (Å²) in [6.07, 6.45) is 0. The Hall–Kier alpha value is -5.46. The molecule has 8 rings (SSSR count). The van der Waals surface area contributed by atoms with E-state index in [2.05, 4.69) is 177 Å². The highest BCUT2D eigenvalue weighted by Crippen LogP contribution is 2.54. The van der Waals surface area contributed by atoms with Gasteiger partial charge in [-0.1, -0.05) is 166 Å². The maximum absolute atomic E-state index is 2.39. The smallest absolute Gasteiger partial charge is 0.000138 e.